The van der Waals surface area contributed by atoms with Crippen LogP contribution in [0.5, 0.6) is 0 Å². The Morgan fingerprint density at radius 2 is 2.00 bits per heavy atom. The number of nitrogens with one attached hydrogen (secondary N) is 2. The summed E-state index contributed by atoms with van der Waals surface area (Å²) in [6.07, 6.45) is 9.48. The van der Waals surface area contributed by atoms with Crippen LogP contribution in [-0.4, -0.2) is 6.04 Å². The molecule has 4 nitrogen and oxygen atoms in total. The predicted molar refractivity (Wildman–Crippen MR) is 76.7 cm³/mol. The standard InChI is InChI=1S/C16H15N3O/c17-19-14-8-9-15(13-7-4-10-18-16(13)14)20-11-12-5-2-1-3-6-12/h1-10,16-18H,11H2. The van der Waals surface area contributed by atoms with Gasteiger partial charge in [-0.2, -0.15) is 5.11 Å². The van der Waals surface area contributed by atoms with Gasteiger partial charge in [-0.05, 0) is 30.0 Å². The molecule has 0 fully saturated rings. The molecule has 1 aliphatic heterocycles. The summed E-state index contributed by atoms with van der Waals surface area (Å²) in [4.78, 5) is 0. The molecule has 1 aromatic rings. The van der Waals surface area contributed by atoms with E-state index in [4.69, 9.17) is 10.3 Å². The number of dihydropyridines is 1. The van der Waals surface area contributed by atoms with Gasteiger partial charge < -0.3 is 10.1 Å². The van der Waals surface area contributed by atoms with Crippen LogP contribution < -0.4 is 5.32 Å². The molecule has 0 saturated carbocycles. The fraction of sp³-hybridized carbons (Fsp3) is 0.125. The van der Waals surface area contributed by atoms with E-state index in [0.717, 1.165) is 16.9 Å². The summed E-state index contributed by atoms with van der Waals surface area (Å²) >= 11 is 0. The lowest BCUT2D eigenvalue weighted by atomic mass is 9.95. The minimum Gasteiger partial charge on any atom is -0.489 e. The molecule has 1 aliphatic carbocycles. The molecule has 0 amide bonds. The maximum Gasteiger partial charge on any atom is 0.125 e. The normalized spacial score (nSPS) is 20.0. The van der Waals surface area contributed by atoms with Crippen LogP contribution in [0, 0.1) is 5.53 Å². The van der Waals surface area contributed by atoms with Crippen molar-refractivity contribution < 1.29 is 4.74 Å². The van der Waals surface area contributed by atoms with Crippen LogP contribution in [0.2, 0.25) is 0 Å². The molecular weight excluding hydrogens is 250 g/mol. The monoisotopic (exact) mass is 265 g/mol. The van der Waals surface area contributed by atoms with Crippen molar-refractivity contribution in [3.05, 3.63) is 83.4 Å². The molecule has 100 valence electrons. The Morgan fingerprint density at radius 1 is 1.15 bits per heavy atom. The third-order valence-corrected chi connectivity index (χ3v) is 3.30. The van der Waals surface area contributed by atoms with Gasteiger partial charge in [0.1, 0.15) is 12.4 Å². The zero-order chi connectivity index (χ0) is 13.8. The predicted octanol–water partition coefficient (Wildman–Crippen LogP) is 3.43. The molecule has 1 unspecified atom stereocenters. The highest BCUT2D eigenvalue weighted by Crippen LogP contribution is 2.29. The first-order valence-corrected chi connectivity index (χ1v) is 6.47. The average molecular weight is 265 g/mol. The van der Waals surface area contributed by atoms with Gasteiger partial charge in [-0.3, -0.25) is 0 Å². The molecule has 1 heterocycles. The maximum absolute atomic E-state index is 7.22. The molecule has 2 N–H and O–H groups in total. The van der Waals surface area contributed by atoms with E-state index in [9.17, 15) is 0 Å². The number of hydrogen-bond donors (Lipinski definition) is 2. The maximum atomic E-state index is 7.22. The summed E-state index contributed by atoms with van der Waals surface area (Å²) in [5.74, 6) is 0.822. The van der Waals surface area contributed by atoms with E-state index in [1.54, 1.807) is 0 Å². The Hall–Kier alpha value is -2.62. The SMILES string of the molecule is N=NC1=CC=C(OCc2ccccc2)C2=CC=CNC12. The van der Waals surface area contributed by atoms with Crippen LogP contribution in [-0.2, 0) is 11.3 Å². The van der Waals surface area contributed by atoms with Crippen LogP contribution >= 0.6 is 0 Å². The highest BCUT2D eigenvalue weighted by molar-refractivity contribution is 5.48. The number of allylic oxidation sites excluding steroid dienone is 4. The fourth-order valence-corrected chi connectivity index (χ4v) is 2.28. The molecular formula is C16H15N3O. The number of hydrogen-bond acceptors (Lipinski definition) is 4. The minimum atomic E-state index is -0.0896. The van der Waals surface area contributed by atoms with Crippen LogP contribution in [0.25, 0.3) is 0 Å². The lowest BCUT2D eigenvalue weighted by Crippen LogP contribution is -2.32. The Labute approximate surface area is 117 Å². The minimum absolute atomic E-state index is 0.0896. The van der Waals surface area contributed by atoms with Gasteiger partial charge in [0.15, 0.2) is 0 Å². The third kappa shape index (κ3) is 2.40. The molecule has 0 bridgehead atoms. The topological polar surface area (TPSA) is 57.5 Å². The van der Waals surface area contributed by atoms with E-state index in [1.165, 1.54) is 0 Å². The second-order valence-corrected chi connectivity index (χ2v) is 4.59. The van der Waals surface area contributed by atoms with Gasteiger partial charge in [-0.15, -0.1) is 0 Å². The Bertz CT molecular complexity index is 626. The highest BCUT2D eigenvalue weighted by atomic mass is 16.5. The molecule has 2 aliphatic rings. The van der Waals surface area contributed by atoms with E-state index < -0.39 is 0 Å². The van der Waals surface area contributed by atoms with Crippen molar-refractivity contribution in [1.29, 1.82) is 5.53 Å². The second kappa shape index (κ2) is 5.57. The van der Waals surface area contributed by atoms with Crippen molar-refractivity contribution >= 4 is 0 Å². The van der Waals surface area contributed by atoms with Crippen molar-refractivity contribution in [2.45, 2.75) is 12.6 Å². The summed E-state index contributed by atoms with van der Waals surface area (Å²) in [5.41, 5.74) is 10.0. The summed E-state index contributed by atoms with van der Waals surface area (Å²) < 4.78 is 5.90. The van der Waals surface area contributed by atoms with Crippen molar-refractivity contribution in [3.8, 4) is 0 Å². The summed E-state index contributed by atoms with van der Waals surface area (Å²) in [6, 6.07) is 9.97. The average Bonchev–Trinajstić information content (AvgIpc) is 2.53. The van der Waals surface area contributed by atoms with E-state index >= 15 is 0 Å². The van der Waals surface area contributed by atoms with Gasteiger partial charge in [0.05, 0.1) is 11.7 Å². The zero-order valence-electron chi connectivity index (χ0n) is 10.9. The van der Waals surface area contributed by atoms with Gasteiger partial charge in [0.25, 0.3) is 0 Å². The molecule has 1 aromatic carbocycles. The van der Waals surface area contributed by atoms with E-state index in [-0.39, 0.29) is 6.04 Å². The second-order valence-electron chi connectivity index (χ2n) is 4.59. The summed E-state index contributed by atoms with van der Waals surface area (Å²) in [5, 5.41) is 6.76. The molecule has 3 rings (SSSR count). The van der Waals surface area contributed by atoms with Gasteiger partial charge in [0.2, 0.25) is 0 Å². The largest absolute Gasteiger partial charge is 0.489 e. The molecule has 1 atom stereocenters. The van der Waals surface area contributed by atoms with Crippen LogP contribution in [0.15, 0.2) is 83.0 Å². The summed E-state index contributed by atoms with van der Waals surface area (Å²) in [7, 11) is 0. The fourth-order valence-electron chi connectivity index (χ4n) is 2.28. The van der Waals surface area contributed by atoms with Crippen LogP contribution in [0.1, 0.15) is 5.56 Å². The molecule has 4 heteroatoms. The van der Waals surface area contributed by atoms with Crippen molar-refractivity contribution in [2.75, 3.05) is 0 Å². The zero-order valence-corrected chi connectivity index (χ0v) is 10.9. The lowest BCUT2D eigenvalue weighted by Gasteiger charge is -2.27. The van der Waals surface area contributed by atoms with Gasteiger partial charge >= 0.3 is 0 Å². The number of rotatable bonds is 4. The van der Waals surface area contributed by atoms with E-state index in [0.29, 0.717) is 12.3 Å². The number of nitrogens with zero attached hydrogens (tertiary/aromatic N) is 1. The number of ether oxygens (including phenoxy) is 1. The van der Waals surface area contributed by atoms with Gasteiger partial charge in [-0.25, -0.2) is 5.53 Å². The summed E-state index contributed by atoms with van der Waals surface area (Å²) in [6.45, 7) is 0.529. The Balaban J connectivity index is 1.80. The smallest absolute Gasteiger partial charge is 0.125 e. The lowest BCUT2D eigenvalue weighted by molar-refractivity contribution is 0.203. The number of fused-ring (bicyclic) bond motifs is 1. The quantitative estimate of drug-likeness (QED) is 0.819. The first-order valence-electron chi connectivity index (χ1n) is 6.47. The van der Waals surface area contributed by atoms with E-state index in [2.05, 4.69) is 10.4 Å². The van der Waals surface area contributed by atoms with Gasteiger partial charge in [-0.1, -0.05) is 36.4 Å². The van der Waals surface area contributed by atoms with Crippen molar-refractivity contribution in [2.24, 2.45) is 5.11 Å². The molecule has 0 spiro atoms. The van der Waals surface area contributed by atoms with Gasteiger partial charge in [0, 0.05) is 5.57 Å². The number of benzene rings is 1. The van der Waals surface area contributed by atoms with Crippen LogP contribution in [0.3, 0.4) is 0 Å². The van der Waals surface area contributed by atoms with Crippen molar-refractivity contribution in [3.63, 3.8) is 0 Å². The molecule has 20 heavy (non-hydrogen) atoms. The molecule has 0 radical (unpaired) electrons. The third-order valence-electron chi connectivity index (χ3n) is 3.30. The first-order chi connectivity index (χ1) is 9.88. The first kappa shape index (κ1) is 12.4. The molecule has 0 saturated heterocycles. The molecule has 0 aromatic heterocycles. The van der Waals surface area contributed by atoms with E-state index in [1.807, 2.05) is 60.8 Å². The Morgan fingerprint density at radius 3 is 2.80 bits per heavy atom. The van der Waals surface area contributed by atoms with Crippen molar-refractivity contribution in [1.82, 2.24) is 5.32 Å². The van der Waals surface area contributed by atoms with Crippen LogP contribution in [0.4, 0.5) is 0 Å². The highest BCUT2D eigenvalue weighted by Gasteiger charge is 2.26. The Kier molecular flexibility index (Phi) is 3.46.